The van der Waals surface area contributed by atoms with Crippen LogP contribution in [0, 0.1) is 0 Å². The van der Waals surface area contributed by atoms with Gasteiger partial charge in [0, 0.05) is 24.7 Å². The maximum atomic E-state index is 9.01. The number of nitrogens with zero attached hydrogens (tertiary/aromatic N) is 1. The van der Waals surface area contributed by atoms with Crippen molar-refractivity contribution in [2.45, 2.75) is 88.4 Å². The van der Waals surface area contributed by atoms with Gasteiger partial charge in [0.1, 0.15) is 0 Å². The lowest BCUT2D eigenvalue weighted by atomic mass is 9.83. The largest absolute Gasteiger partial charge is 0.451 e. The summed E-state index contributed by atoms with van der Waals surface area (Å²) in [5.74, 6) is 0. The Morgan fingerprint density at radius 3 is 2.50 bits per heavy atom. The Kier molecular flexibility index (Phi) is 6.16. The van der Waals surface area contributed by atoms with Crippen LogP contribution in [0.25, 0.3) is 0 Å². The van der Waals surface area contributed by atoms with Gasteiger partial charge >= 0.3 is 7.12 Å². The van der Waals surface area contributed by atoms with Gasteiger partial charge in [0.2, 0.25) is 0 Å². The summed E-state index contributed by atoms with van der Waals surface area (Å²) in [4.78, 5) is 2.70. The van der Waals surface area contributed by atoms with E-state index < -0.39 is 7.12 Å². The lowest BCUT2D eigenvalue weighted by Crippen LogP contribution is -2.54. The molecule has 4 unspecified atom stereocenters. The van der Waals surface area contributed by atoms with Crippen LogP contribution < -0.4 is 10.6 Å². The average molecular weight is 309 g/mol. The molecule has 0 radical (unpaired) electrons. The molecule has 0 aromatic rings. The highest BCUT2D eigenvalue weighted by atomic mass is 16.4. The van der Waals surface area contributed by atoms with E-state index in [4.69, 9.17) is 10.0 Å². The van der Waals surface area contributed by atoms with Crippen molar-refractivity contribution >= 4 is 7.12 Å². The molecule has 0 aromatic carbocycles. The minimum atomic E-state index is -1.14. The number of fused-ring (bicyclic) bond motifs is 1. The molecule has 22 heavy (non-hydrogen) atoms. The van der Waals surface area contributed by atoms with Crippen molar-refractivity contribution < 1.29 is 10.0 Å². The average Bonchev–Trinajstić information content (AvgIpc) is 2.91. The second-order valence-corrected chi connectivity index (χ2v) is 7.34. The topological polar surface area (TPSA) is 67.8 Å². The molecule has 1 aliphatic carbocycles. The molecule has 0 bridgehead atoms. The number of hydrogen-bond acceptors (Lipinski definition) is 5. The smallest absolute Gasteiger partial charge is 0.427 e. The molecule has 0 amide bonds. The summed E-state index contributed by atoms with van der Waals surface area (Å²) in [6.45, 7) is 2.24. The van der Waals surface area contributed by atoms with Crippen LogP contribution in [0.1, 0.15) is 57.8 Å². The van der Waals surface area contributed by atoms with Gasteiger partial charge in [-0.2, -0.15) is 0 Å². The molecule has 3 rings (SSSR count). The molecule has 126 valence electrons. The number of nitrogens with one attached hydrogen (secondary N) is 2. The van der Waals surface area contributed by atoms with Crippen molar-refractivity contribution in [1.29, 1.82) is 0 Å². The van der Waals surface area contributed by atoms with E-state index in [9.17, 15) is 0 Å². The quantitative estimate of drug-likeness (QED) is 0.434. The number of hydrogen-bond donors (Lipinski definition) is 4. The zero-order valence-electron chi connectivity index (χ0n) is 13.7. The number of rotatable bonds is 6. The van der Waals surface area contributed by atoms with E-state index in [1.807, 2.05) is 0 Å². The third-order valence-corrected chi connectivity index (χ3v) is 5.76. The van der Waals surface area contributed by atoms with Gasteiger partial charge < -0.3 is 15.4 Å². The predicted octanol–water partition coefficient (Wildman–Crippen LogP) is 0.924. The van der Waals surface area contributed by atoms with Crippen LogP contribution in [0.2, 0.25) is 6.32 Å². The summed E-state index contributed by atoms with van der Waals surface area (Å²) in [5, 5.41) is 25.7. The van der Waals surface area contributed by atoms with Crippen LogP contribution in [0.3, 0.4) is 0 Å². The third-order valence-electron chi connectivity index (χ3n) is 5.76. The normalized spacial score (nSPS) is 36.3. The Bertz CT molecular complexity index is 339. The van der Waals surface area contributed by atoms with Crippen LogP contribution in [-0.2, 0) is 0 Å². The van der Waals surface area contributed by atoms with Crippen LogP contribution in [-0.4, -0.2) is 59.4 Å². The van der Waals surface area contributed by atoms with Gasteiger partial charge in [-0.05, 0) is 45.0 Å². The zero-order valence-corrected chi connectivity index (χ0v) is 13.7. The fourth-order valence-corrected chi connectivity index (χ4v) is 4.65. The summed E-state index contributed by atoms with van der Waals surface area (Å²) in [5.41, 5.74) is 0. The first-order valence-corrected chi connectivity index (χ1v) is 9.37. The number of unbranched alkanes of at least 4 members (excludes halogenated alkanes) is 1. The molecule has 0 spiro atoms. The van der Waals surface area contributed by atoms with Crippen LogP contribution >= 0.6 is 0 Å². The highest BCUT2D eigenvalue weighted by Gasteiger charge is 2.44. The molecule has 4 atom stereocenters. The van der Waals surface area contributed by atoms with Crippen molar-refractivity contribution in [3.63, 3.8) is 0 Å². The first kappa shape index (κ1) is 16.7. The van der Waals surface area contributed by atoms with Crippen LogP contribution in [0.4, 0.5) is 0 Å². The first-order valence-electron chi connectivity index (χ1n) is 9.37. The van der Waals surface area contributed by atoms with E-state index in [2.05, 4.69) is 15.5 Å². The molecule has 2 aliphatic heterocycles. The van der Waals surface area contributed by atoms with Crippen molar-refractivity contribution in [1.82, 2.24) is 15.5 Å². The molecule has 0 aromatic heterocycles. The van der Waals surface area contributed by atoms with Crippen molar-refractivity contribution in [2.75, 3.05) is 13.1 Å². The minimum Gasteiger partial charge on any atom is -0.427 e. The maximum absolute atomic E-state index is 9.01. The summed E-state index contributed by atoms with van der Waals surface area (Å²) in [6.07, 6.45) is 12.2. The molecule has 1 saturated carbocycles. The van der Waals surface area contributed by atoms with Crippen molar-refractivity contribution in [3.8, 4) is 0 Å². The fourth-order valence-electron chi connectivity index (χ4n) is 4.65. The maximum Gasteiger partial charge on any atom is 0.451 e. The molecule has 2 heterocycles. The molecule has 4 N–H and O–H groups in total. The molecule has 3 fully saturated rings. The second kappa shape index (κ2) is 8.11. The second-order valence-electron chi connectivity index (χ2n) is 7.34. The van der Waals surface area contributed by atoms with E-state index in [1.165, 1.54) is 44.9 Å². The van der Waals surface area contributed by atoms with Crippen LogP contribution in [0.15, 0.2) is 0 Å². The number of piperidine rings is 1. The van der Waals surface area contributed by atoms with Crippen molar-refractivity contribution in [3.05, 3.63) is 0 Å². The summed E-state index contributed by atoms with van der Waals surface area (Å²) in [7, 11) is -1.14. The Balaban J connectivity index is 1.58. The third kappa shape index (κ3) is 4.03. The van der Waals surface area contributed by atoms with Gasteiger partial charge in [0.15, 0.2) is 0 Å². The fraction of sp³-hybridized carbons (Fsp3) is 1.00. The molecule has 3 aliphatic rings. The van der Waals surface area contributed by atoms with Gasteiger partial charge in [-0.1, -0.05) is 25.7 Å². The molecule has 6 heteroatoms. The van der Waals surface area contributed by atoms with Gasteiger partial charge in [0.25, 0.3) is 0 Å². The van der Waals surface area contributed by atoms with Crippen molar-refractivity contribution in [2.24, 2.45) is 0 Å². The SMILES string of the molecule is OB(O)CCCCN1C2CCCCC2NC1C1CCCCN1. The van der Waals surface area contributed by atoms with Gasteiger partial charge in [-0.15, -0.1) is 0 Å². The Hall–Kier alpha value is -0.135. The molecular weight excluding hydrogens is 277 g/mol. The summed E-state index contributed by atoms with van der Waals surface area (Å²) in [6, 6.07) is 1.95. The Morgan fingerprint density at radius 2 is 1.73 bits per heavy atom. The first-order chi connectivity index (χ1) is 10.8. The van der Waals surface area contributed by atoms with E-state index in [1.54, 1.807) is 0 Å². The van der Waals surface area contributed by atoms with Crippen LogP contribution in [0.5, 0.6) is 0 Å². The predicted molar refractivity (Wildman–Crippen MR) is 89.5 cm³/mol. The zero-order chi connectivity index (χ0) is 15.4. The Labute approximate surface area is 135 Å². The van der Waals surface area contributed by atoms with E-state index in [-0.39, 0.29) is 0 Å². The lowest BCUT2D eigenvalue weighted by Gasteiger charge is -2.37. The highest BCUT2D eigenvalue weighted by molar-refractivity contribution is 6.40. The molecule has 5 nitrogen and oxygen atoms in total. The van der Waals surface area contributed by atoms with Gasteiger partial charge in [-0.3, -0.25) is 10.2 Å². The standard InChI is InChI=1S/C16H32BN3O2/c21-17(22)10-4-6-12-20-15-9-2-1-7-13(15)19-16(20)14-8-3-5-11-18-14/h13-16,18-19,21-22H,1-12H2. The monoisotopic (exact) mass is 309 g/mol. The lowest BCUT2D eigenvalue weighted by molar-refractivity contribution is 0.125. The summed E-state index contributed by atoms with van der Waals surface area (Å²) >= 11 is 0. The Morgan fingerprint density at radius 1 is 0.955 bits per heavy atom. The highest BCUT2D eigenvalue weighted by Crippen LogP contribution is 2.32. The van der Waals surface area contributed by atoms with E-state index >= 15 is 0 Å². The molecule has 2 saturated heterocycles. The van der Waals surface area contributed by atoms with E-state index in [0.29, 0.717) is 30.6 Å². The van der Waals surface area contributed by atoms with E-state index in [0.717, 1.165) is 25.9 Å². The summed E-state index contributed by atoms with van der Waals surface area (Å²) < 4.78 is 0. The molecular formula is C16H32BN3O2. The minimum absolute atomic E-state index is 0.479. The van der Waals surface area contributed by atoms with Gasteiger partial charge in [-0.25, -0.2) is 0 Å². The van der Waals surface area contributed by atoms with Gasteiger partial charge in [0.05, 0.1) is 6.17 Å².